The van der Waals surface area contributed by atoms with Crippen LogP contribution in [-0.2, 0) is 4.74 Å². The molecule has 1 fully saturated rings. The zero-order valence-corrected chi connectivity index (χ0v) is 14.8. The molecule has 0 aromatic heterocycles. The molecule has 134 valence electrons. The van der Waals surface area contributed by atoms with E-state index in [4.69, 9.17) is 4.74 Å². The Bertz CT molecular complexity index is 368. The van der Waals surface area contributed by atoms with Crippen LogP contribution in [0.5, 0.6) is 0 Å². The molecule has 0 aliphatic heterocycles. The van der Waals surface area contributed by atoms with Crippen LogP contribution in [0.4, 0.5) is 0 Å². The molecule has 1 saturated carbocycles. The van der Waals surface area contributed by atoms with Gasteiger partial charge in [-0.15, -0.1) is 0 Å². The Hall–Kier alpha value is -0.420. The highest BCUT2D eigenvalue weighted by molar-refractivity contribution is 5.02. The smallest absolute Gasteiger partial charge is 0.172 e. The first-order valence-electron chi connectivity index (χ1n) is 9.34. The van der Waals surface area contributed by atoms with Crippen LogP contribution in [0.2, 0.25) is 0 Å². The van der Waals surface area contributed by atoms with Gasteiger partial charge in [0.25, 0.3) is 0 Å². The maximum atomic E-state index is 10.5. The van der Waals surface area contributed by atoms with Crippen LogP contribution in [0, 0.1) is 11.8 Å². The van der Waals surface area contributed by atoms with Crippen LogP contribution in [0.1, 0.15) is 64.2 Å². The molecule has 3 N–H and O–H groups in total. The monoisotopic (exact) mass is 325 g/mol. The van der Waals surface area contributed by atoms with Gasteiger partial charge in [0.05, 0.1) is 11.6 Å². The van der Waals surface area contributed by atoms with E-state index in [2.05, 4.69) is 17.5 Å². The van der Waals surface area contributed by atoms with Crippen LogP contribution in [0.3, 0.4) is 0 Å². The molecular formula is C19H35NO3. The minimum atomic E-state index is -0.816. The van der Waals surface area contributed by atoms with Crippen molar-refractivity contribution in [1.82, 2.24) is 5.32 Å². The van der Waals surface area contributed by atoms with Crippen molar-refractivity contribution in [2.45, 2.75) is 82.1 Å². The number of rotatable bonds is 8. The summed E-state index contributed by atoms with van der Waals surface area (Å²) in [6.07, 6.45) is 14.3. The quantitative estimate of drug-likeness (QED) is 0.474. The molecule has 0 bridgehead atoms. The van der Waals surface area contributed by atoms with Crippen LogP contribution in [-0.4, -0.2) is 42.3 Å². The minimum Gasteiger partial charge on any atom is -0.393 e. The van der Waals surface area contributed by atoms with Gasteiger partial charge >= 0.3 is 0 Å². The Morgan fingerprint density at radius 1 is 1.30 bits per heavy atom. The first kappa shape index (κ1) is 18.9. The van der Waals surface area contributed by atoms with Gasteiger partial charge < -0.3 is 20.3 Å². The number of aliphatic hydroxyl groups excluding tert-OH is 2. The molecule has 0 saturated heterocycles. The van der Waals surface area contributed by atoms with Crippen LogP contribution in [0.25, 0.3) is 0 Å². The zero-order chi connectivity index (χ0) is 16.7. The summed E-state index contributed by atoms with van der Waals surface area (Å²) in [4.78, 5) is 0. The number of allylic oxidation sites excluding steroid dienone is 1. The molecule has 0 aromatic rings. The summed E-state index contributed by atoms with van der Waals surface area (Å²) >= 11 is 0. The van der Waals surface area contributed by atoms with Crippen LogP contribution < -0.4 is 5.32 Å². The Morgan fingerprint density at radius 3 is 2.65 bits per heavy atom. The first-order chi connectivity index (χ1) is 11.1. The molecule has 2 rings (SSSR count). The molecular weight excluding hydrogens is 290 g/mol. The van der Waals surface area contributed by atoms with Gasteiger partial charge in [-0.05, 0) is 51.0 Å². The van der Waals surface area contributed by atoms with Crippen molar-refractivity contribution in [3.63, 3.8) is 0 Å². The fourth-order valence-corrected chi connectivity index (χ4v) is 4.41. The number of hydrogen-bond acceptors (Lipinski definition) is 4. The average molecular weight is 325 g/mol. The number of hydrogen-bond donors (Lipinski definition) is 3. The van der Waals surface area contributed by atoms with E-state index in [1.165, 1.54) is 32.1 Å². The largest absolute Gasteiger partial charge is 0.393 e. The van der Waals surface area contributed by atoms with Crippen molar-refractivity contribution in [3.05, 3.63) is 12.2 Å². The number of likely N-dealkylation sites (N-methyl/N-ethyl adjacent to an activating group) is 1. The second-order valence-electron chi connectivity index (χ2n) is 7.55. The van der Waals surface area contributed by atoms with E-state index in [0.717, 1.165) is 38.0 Å². The number of aliphatic hydroxyl groups is 2. The molecule has 2 aliphatic carbocycles. The molecule has 2 aliphatic rings. The number of nitrogens with one attached hydrogen (secondary N) is 1. The fraction of sp³-hybridized carbons (Fsp3) is 0.895. The van der Waals surface area contributed by atoms with Crippen molar-refractivity contribution < 1.29 is 14.9 Å². The lowest BCUT2D eigenvalue weighted by Crippen LogP contribution is -2.55. The lowest BCUT2D eigenvalue weighted by molar-refractivity contribution is -0.141. The lowest BCUT2D eigenvalue weighted by atomic mass is 9.76. The SMILES string of the molecule is CN[C@](CCC1CCCCC1)(C[C@@H]1C=CC[C@@H](O)C1)C(O)OC. The highest BCUT2D eigenvalue weighted by Crippen LogP contribution is 2.35. The van der Waals surface area contributed by atoms with Crippen LogP contribution >= 0.6 is 0 Å². The normalized spacial score (nSPS) is 30.1. The molecule has 0 amide bonds. The van der Waals surface area contributed by atoms with E-state index in [1.54, 1.807) is 7.11 Å². The van der Waals surface area contributed by atoms with Gasteiger partial charge in [0, 0.05) is 7.11 Å². The molecule has 23 heavy (non-hydrogen) atoms. The number of ether oxygens (including phenoxy) is 1. The Morgan fingerprint density at radius 2 is 2.04 bits per heavy atom. The Labute approximate surface area is 141 Å². The zero-order valence-electron chi connectivity index (χ0n) is 14.8. The number of methoxy groups -OCH3 is 1. The maximum Gasteiger partial charge on any atom is 0.172 e. The van der Waals surface area contributed by atoms with Gasteiger partial charge in [-0.3, -0.25) is 0 Å². The Balaban J connectivity index is 2.01. The predicted octanol–water partition coefficient (Wildman–Crippen LogP) is 2.99. The third-order valence-electron chi connectivity index (χ3n) is 5.93. The average Bonchev–Trinajstić information content (AvgIpc) is 2.59. The summed E-state index contributed by atoms with van der Waals surface area (Å²) in [5, 5.41) is 23.8. The molecule has 0 spiro atoms. The molecule has 0 aromatic carbocycles. The molecule has 1 unspecified atom stereocenters. The third kappa shape index (κ3) is 5.28. The highest BCUT2D eigenvalue weighted by Gasteiger charge is 2.39. The van der Waals surface area contributed by atoms with Gasteiger partial charge in [-0.2, -0.15) is 0 Å². The summed E-state index contributed by atoms with van der Waals surface area (Å²) < 4.78 is 5.32. The Kier molecular flexibility index (Phi) is 7.54. The van der Waals surface area contributed by atoms with Gasteiger partial charge in [0.15, 0.2) is 6.29 Å². The molecule has 4 atom stereocenters. The highest BCUT2D eigenvalue weighted by atomic mass is 16.6. The summed E-state index contributed by atoms with van der Waals surface area (Å²) in [5.41, 5.74) is -0.432. The van der Waals surface area contributed by atoms with Gasteiger partial charge in [0.1, 0.15) is 0 Å². The summed E-state index contributed by atoms with van der Waals surface area (Å²) in [5.74, 6) is 1.08. The van der Waals surface area contributed by atoms with Crippen molar-refractivity contribution in [2.24, 2.45) is 11.8 Å². The van der Waals surface area contributed by atoms with E-state index in [1.807, 2.05) is 7.05 Å². The van der Waals surface area contributed by atoms with E-state index in [0.29, 0.717) is 5.92 Å². The van der Waals surface area contributed by atoms with Gasteiger partial charge in [0.2, 0.25) is 0 Å². The summed E-state index contributed by atoms with van der Waals surface area (Å²) in [7, 11) is 3.50. The van der Waals surface area contributed by atoms with Gasteiger partial charge in [-0.1, -0.05) is 44.3 Å². The van der Waals surface area contributed by atoms with Crippen molar-refractivity contribution in [2.75, 3.05) is 14.2 Å². The maximum absolute atomic E-state index is 10.5. The molecule has 4 heteroatoms. The van der Waals surface area contributed by atoms with Crippen molar-refractivity contribution in [1.29, 1.82) is 0 Å². The summed E-state index contributed by atoms with van der Waals surface area (Å²) in [6.45, 7) is 0. The molecule has 4 nitrogen and oxygen atoms in total. The second kappa shape index (κ2) is 9.16. The first-order valence-corrected chi connectivity index (χ1v) is 9.34. The van der Waals surface area contributed by atoms with E-state index < -0.39 is 11.8 Å². The van der Waals surface area contributed by atoms with Crippen molar-refractivity contribution in [3.8, 4) is 0 Å². The standard InChI is InChI=1S/C19H35NO3/c1-20-19(18(22)23-2,12-11-15-7-4-3-5-8-15)14-16-9-6-10-17(21)13-16/h6,9,15-18,20-22H,3-5,7-8,10-14H2,1-2H3/t16-,17-,18?,19-/m1/s1. The van der Waals surface area contributed by atoms with E-state index in [-0.39, 0.29) is 6.10 Å². The fourth-order valence-electron chi connectivity index (χ4n) is 4.41. The van der Waals surface area contributed by atoms with Crippen molar-refractivity contribution >= 4 is 0 Å². The van der Waals surface area contributed by atoms with Gasteiger partial charge in [-0.25, -0.2) is 0 Å². The van der Waals surface area contributed by atoms with E-state index >= 15 is 0 Å². The minimum absolute atomic E-state index is 0.252. The summed E-state index contributed by atoms with van der Waals surface area (Å²) in [6, 6.07) is 0. The molecule has 0 heterocycles. The lowest BCUT2D eigenvalue weighted by Gasteiger charge is -2.41. The predicted molar refractivity (Wildman–Crippen MR) is 93.1 cm³/mol. The topological polar surface area (TPSA) is 61.7 Å². The van der Waals surface area contributed by atoms with E-state index in [9.17, 15) is 10.2 Å². The second-order valence-corrected chi connectivity index (χ2v) is 7.55. The third-order valence-corrected chi connectivity index (χ3v) is 5.93. The van der Waals surface area contributed by atoms with Crippen LogP contribution in [0.15, 0.2) is 12.2 Å². The molecule has 0 radical (unpaired) electrons.